The average molecular weight is 460 g/mol. The molecule has 0 atom stereocenters. The van der Waals surface area contributed by atoms with E-state index in [1.165, 1.54) is 12.1 Å². The summed E-state index contributed by atoms with van der Waals surface area (Å²) < 4.78 is 49.2. The third kappa shape index (κ3) is 5.58. The molecule has 3 aromatic rings. The van der Waals surface area contributed by atoms with Gasteiger partial charge in [-0.2, -0.15) is 18.2 Å². The number of rotatable bonds is 6. The van der Waals surface area contributed by atoms with Crippen molar-refractivity contribution in [3.8, 4) is 11.4 Å². The van der Waals surface area contributed by atoms with Crippen LogP contribution in [0.15, 0.2) is 53.1 Å². The number of alkyl halides is 3. The Hall–Kier alpha value is -3.24. The van der Waals surface area contributed by atoms with Crippen LogP contribution in [0, 0.1) is 0 Å². The van der Waals surface area contributed by atoms with Crippen LogP contribution in [-0.4, -0.2) is 59.1 Å². The quantitative estimate of drug-likeness (QED) is 0.556. The Kier molecular flexibility index (Phi) is 6.75. The first-order valence-electron chi connectivity index (χ1n) is 10.4. The van der Waals surface area contributed by atoms with Crippen LogP contribution in [0.5, 0.6) is 0 Å². The summed E-state index contributed by atoms with van der Waals surface area (Å²) in [7, 11) is 1.61. The van der Waals surface area contributed by atoms with Crippen LogP contribution in [-0.2, 0) is 24.1 Å². The highest BCUT2D eigenvalue weighted by molar-refractivity contribution is 5.94. The molecule has 0 aliphatic carbocycles. The van der Waals surface area contributed by atoms with Gasteiger partial charge in [0.15, 0.2) is 0 Å². The summed E-state index contributed by atoms with van der Waals surface area (Å²) in [6, 6.07) is 12.2. The van der Waals surface area contributed by atoms with Crippen LogP contribution in [0.3, 0.4) is 0 Å². The van der Waals surface area contributed by atoms with Crippen molar-refractivity contribution in [1.82, 2.24) is 19.9 Å². The van der Waals surface area contributed by atoms with Crippen LogP contribution in [0.25, 0.3) is 11.4 Å². The number of aromatic nitrogens is 2. The van der Waals surface area contributed by atoms with Gasteiger partial charge in [0.05, 0.1) is 18.7 Å². The third-order valence-corrected chi connectivity index (χ3v) is 5.42. The second-order valence-corrected chi connectivity index (χ2v) is 7.79. The molecule has 4 rings (SSSR count). The Balaban J connectivity index is 1.34. The second-order valence-electron chi connectivity index (χ2n) is 7.79. The summed E-state index contributed by atoms with van der Waals surface area (Å²) in [4.78, 5) is 20.9. The molecule has 7 nitrogen and oxygen atoms in total. The van der Waals surface area contributed by atoms with Crippen LogP contribution in [0.4, 0.5) is 13.2 Å². The first-order chi connectivity index (χ1) is 15.8. The summed E-state index contributed by atoms with van der Waals surface area (Å²) in [6.07, 6.45) is -4.44. The first-order valence-corrected chi connectivity index (χ1v) is 10.4. The molecule has 0 bridgehead atoms. The van der Waals surface area contributed by atoms with E-state index in [1.807, 2.05) is 18.2 Å². The Morgan fingerprint density at radius 2 is 1.85 bits per heavy atom. The second kappa shape index (κ2) is 9.72. The van der Waals surface area contributed by atoms with E-state index in [9.17, 15) is 18.0 Å². The molecule has 0 saturated carbocycles. The SMILES string of the molecule is COCc1cccc(C(=O)N2CCN(Cc3nc(-c4cccc(C(F)(F)F)c4)no3)CC2)c1. The lowest BCUT2D eigenvalue weighted by Gasteiger charge is -2.34. The minimum Gasteiger partial charge on any atom is -0.380 e. The largest absolute Gasteiger partial charge is 0.416 e. The number of piperazine rings is 1. The number of ether oxygens (including phenoxy) is 1. The highest BCUT2D eigenvalue weighted by Crippen LogP contribution is 2.31. The van der Waals surface area contributed by atoms with Crippen molar-refractivity contribution < 1.29 is 27.2 Å². The van der Waals surface area contributed by atoms with Gasteiger partial charge in [0.25, 0.3) is 5.91 Å². The minimum absolute atomic E-state index is 0.0303. The lowest BCUT2D eigenvalue weighted by Crippen LogP contribution is -2.48. The summed E-state index contributed by atoms with van der Waals surface area (Å²) in [5.74, 6) is 0.396. The number of hydrogen-bond donors (Lipinski definition) is 0. The Bertz CT molecular complexity index is 1110. The smallest absolute Gasteiger partial charge is 0.380 e. The maximum Gasteiger partial charge on any atom is 0.416 e. The van der Waals surface area contributed by atoms with Gasteiger partial charge < -0.3 is 14.2 Å². The van der Waals surface area contributed by atoms with Gasteiger partial charge in [-0.15, -0.1) is 0 Å². The van der Waals surface area contributed by atoms with Gasteiger partial charge in [-0.05, 0) is 29.8 Å². The minimum atomic E-state index is -4.44. The van der Waals surface area contributed by atoms with E-state index in [1.54, 1.807) is 18.1 Å². The molecule has 1 aromatic heterocycles. The molecule has 1 aliphatic heterocycles. The maximum absolute atomic E-state index is 12.9. The monoisotopic (exact) mass is 460 g/mol. The van der Waals surface area contributed by atoms with E-state index < -0.39 is 11.7 Å². The number of hydrogen-bond acceptors (Lipinski definition) is 6. The zero-order chi connectivity index (χ0) is 23.4. The topological polar surface area (TPSA) is 71.7 Å². The number of benzene rings is 2. The molecule has 10 heteroatoms. The molecule has 1 fully saturated rings. The number of amides is 1. The predicted molar refractivity (Wildman–Crippen MR) is 113 cm³/mol. The molecule has 0 N–H and O–H groups in total. The van der Waals surface area contributed by atoms with Crippen LogP contribution >= 0.6 is 0 Å². The summed E-state index contributed by atoms with van der Waals surface area (Å²) >= 11 is 0. The molecule has 33 heavy (non-hydrogen) atoms. The zero-order valence-corrected chi connectivity index (χ0v) is 18.0. The van der Waals surface area contributed by atoms with Crippen molar-refractivity contribution in [3.05, 3.63) is 71.1 Å². The molecular formula is C23H23F3N4O3. The summed E-state index contributed by atoms with van der Waals surface area (Å²) in [5, 5.41) is 3.83. The lowest BCUT2D eigenvalue weighted by molar-refractivity contribution is -0.137. The van der Waals surface area contributed by atoms with Crippen molar-refractivity contribution in [2.45, 2.75) is 19.3 Å². The highest BCUT2D eigenvalue weighted by Gasteiger charge is 2.31. The standard InChI is InChI=1S/C23H23F3N4O3/c1-32-15-16-4-2-6-18(12-16)22(31)30-10-8-29(9-11-30)14-20-27-21(28-33-20)17-5-3-7-19(13-17)23(24,25)26/h2-7,12-13H,8-11,14-15H2,1H3. The molecule has 0 unspecified atom stereocenters. The molecular weight excluding hydrogens is 437 g/mol. The molecule has 1 saturated heterocycles. The molecule has 0 radical (unpaired) electrons. The number of carbonyl (C=O) groups excluding carboxylic acids is 1. The first kappa shape index (κ1) is 22.9. The molecule has 0 spiro atoms. The van der Waals surface area contributed by atoms with Crippen molar-refractivity contribution >= 4 is 5.91 Å². The average Bonchev–Trinajstić information content (AvgIpc) is 3.28. The van der Waals surface area contributed by atoms with Crippen molar-refractivity contribution in [1.29, 1.82) is 0 Å². The van der Waals surface area contributed by atoms with E-state index in [4.69, 9.17) is 9.26 Å². The Morgan fingerprint density at radius 3 is 2.58 bits per heavy atom. The van der Waals surface area contributed by atoms with Crippen LogP contribution in [0.2, 0.25) is 0 Å². The van der Waals surface area contributed by atoms with Gasteiger partial charge in [-0.25, -0.2) is 0 Å². The maximum atomic E-state index is 12.9. The van der Waals surface area contributed by atoms with Crippen molar-refractivity contribution in [2.75, 3.05) is 33.3 Å². The van der Waals surface area contributed by atoms with Gasteiger partial charge >= 0.3 is 6.18 Å². The Morgan fingerprint density at radius 1 is 1.09 bits per heavy atom. The van der Waals surface area contributed by atoms with E-state index in [-0.39, 0.29) is 17.3 Å². The number of methoxy groups -OCH3 is 1. The fraction of sp³-hybridized carbons (Fsp3) is 0.348. The van der Waals surface area contributed by atoms with E-state index in [0.717, 1.165) is 17.7 Å². The molecule has 1 aliphatic rings. The molecule has 2 aromatic carbocycles. The molecule has 174 valence electrons. The fourth-order valence-electron chi connectivity index (χ4n) is 3.71. The van der Waals surface area contributed by atoms with Gasteiger partial charge in [0, 0.05) is 44.4 Å². The number of halogens is 3. The zero-order valence-electron chi connectivity index (χ0n) is 18.0. The van der Waals surface area contributed by atoms with Gasteiger partial charge in [0.1, 0.15) is 0 Å². The normalized spacial score (nSPS) is 15.1. The van der Waals surface area contributed by atoms with E-state index >= 15 is 0 Å². The Labute approximate surface area is 188 Å². The third-order valence-electron chi connectivity index (χ3n) is 5.42. The predicted octanol–water partition coefficient (Wildman–Crippen LogP) is 3.86. The summed E-state index contributed by atoms with van der Waals surface area (Å²) in [5.41, 5.74) is 1.04. The van der Waals surface area contributed by atoms with Gasteiger partial charge in [-0.3, -0.25) is 9.69 Å². The lowest BCUT2D eigenvalue weighted by atomic mass is 10.1. The molecule has 1 amide bonds. The molecule has 2 heterocycles. The highest BCUT2D eigenvalue weighted by atomic mass is 19.4. The van der Waals surface area contributed by atoms with Gasteiger partial charge in [-0.1, -0.05) is 29.4 Å². The van der Waals surface area contributed by atoms with Crippen molar-refractivity contribution in [3.63, 3.8) is 0 Å². The van der Waals surface area contributed by atoms with Crippen LogP contribution in [0.1, 0.15) is 27.4 Å². The van der Waals surface area contributed by atoms with Crippen LogP contribution < -0.4 is 0 Å². The van der Waals surface area contributed by atoms with E-state index in [0.29, 0.717) is 50.8 Å². The van der Waals surface area contributed by atoms with Gasteiger partial charge in [0.2, 0.25) is 11.7 Å². The fourth-order valence-corrected chi connectivity index (χ4v) is 3.71. The number of nitrogens with zero attached hydrogens (tertiary/aromatic N) is 4. The summed E-state index contributed by atoms with van der Waals surface area (Å²) in [6.45, 7) is 3.12. The van der Waals surface area contributed by atoms with E-state index in [2.05, 4.69) is 15.0 Å². The number of carbonyl (C=O) groups is 1. The van der Waals surface area contributed by atoms with Crippen molar-refractivity contribution in [2.24, 2.45) is 0 Å².